The molecule has 0 aromatic heterocycles. The Morgan fingerprint density at radius 1 is 1.00 bits per heavy atom. The molecule has 2 aromatic rings. The lowest BCUT2D eigenvalue weighted by atomic mass is 10.0. The highest BCUT2D eigenvalue weighted by atomic mass is 15.1. The summed E-state index contributed by atoms with van der Waals surface area (Å²) in [7, 11) is 0. The van der Waals surface area contributed by atoms with Gasteiger partial charge in [0.2, 0.25) is 0 Å². The molecule has 1 heterocycles. The molecule has 0 spiro atoms. The first-order valence-corrected chi connectivity index (χ1v) is 9.09. The Labute approximate surface area is 141 Å². The molecule has 0 N–H and O–H groups in total. The van der Waals surface area contributed by atoms with E-state index in [-0.39, 0.29) is 0 Å². The van der Waals surface area contributed by atoms with Gasteiger partial charge in [0.1, 0.15) is 0 Å². The molecule has 1 aliphatic heterocycles. The number of likely N-dealkylation sites (tertiary alicyclic amines) is 1. The lowest BCUT2D eigenvalue weighted by Gasteiger charge is -2.14. The summed E-state index contributed by atoms with van der Waals surface area (Å²) in [6.07, 6.45) is 5.22. The number of benzene rings is 2. The fraction of sp³-hybridized carbons (Fsp3) is 0.455. The third-order valence-electron chi connectivity index (χ3n) is 5.00. The van der Waals surface area contributed by atoms with Gasteiger partial charge in [-0.15, -0.1) is 0 Å². The predicted molar refractivity (Wildman–Crippen MR) is 99.8 cm³/mol. The summed E-state index contributed by atoms with van der Waals surface area (Å²) in [5, 5.41) is 0. The van der Waals surface area contributed by atoms with Crippen LogP contribution in [0.5, 0.6) is 0 Å². The van der Waals surface area contributed by atoms with E-state index < -0.39 is 0 Å². The van der Waals surface area contributed by atoms with Gasteiger partial charge in [-0.1, -0.05) is 61.0 Å². The molecule has 0 amide bonds. The summed E-state index contributed by atoms with van der Waals surface area (Å²) in [5.74, 6) is 0.907. The van der Waals surface area contributed by atoms with E-state index in [1.807, 2.05) is 0 Å². The fourth-order valence-electron chi connectivity index (χ4n) is 3.58. The van der Waals surface area contributed by atoms with Crippen LogP contribution in [0.4, 0.5) is 0 Å². The normalized spacial score (nSPS) is 18.4. The van der Waals surface area contributed by atoms with Crippen LogP contribution in [0.2, 0.25) is 0 Å². The molecular formula is C22H29N. The highest BCUT2D eigenvalue weighted by Gasteiger charge is 2.17. The Balaban J connectivity index is 1.46. The van der Waals surface area contributed by atoms with Crippen LogP contribution < -0.4 is 0 Å². The van der Waals surface area contributed by atoms with Gasteiger partial charge in [0, 0.05) is 6.54 Å². The van der Waals surface area contributed by atoms with Gasteiger partial charge in [-0.25, -0.2) is 0 Å². The first kappa shape index (κ1) is 16.3. The van der Waals surface area contributed by atoms with Gasteiger partial charge in [0.15, 0.2) is 0 Å². The summed E-state index contributed by atoms with van der Waals surface area (Å²) < 4.78 is 0. The maximum absolute atomic E-state index is 2.63. The first-order valence-electron chi connectivity index (χ1n) is 9.09. The largest absolute Gasteiger partial charge is 0.303 e. The van der Waals surface area contributed by atoms with Crippen LogP contribution in [0.1, 0.15) is 37.3 Å². The second-order valence-electron chi connectivity index (χ2n) is 7.22. The van der Waals surface area contributed by atoms with Crippen LogP contribution in [0.3, 0.4) is 0 Å². The minimum atomic E-state index is 0.907. The molecular weight excluding hydrogens is 278 g/mol. The molecule has 0 radical (unpaired) electrons. The van der Waals surface area contributed by atoms with Crippen molar-refractivity contribution in [3.05, 3.63) is 59.7 Å². The molecule has 1 heteroatoms. The molecule has 0 bridgehead atoms. The van der Waals surface area contributed by atoms with E-state index in [9.17, 15) is 0 Å². The smallest absolute Gasteiger partial charge is 0.000750 e. The highest BCUT2D eigenvalue weighted by molar-refractivity contribution is 5.64. The molecule has 3 rings (SSSR count). The number of rotatable bonds is 6. The Morgan fingerprint density at radius 2 is 1.83 bits per heavy atom. The maximum Gasteiger partial charge on any atom is 0.000750 e. The van der Waals surface area contributed by atoms with Crippen LogP contribution in [0.25, 0.3) is 11.1 Å². The maximum atomic E-state index is 2.63. The van der Waals surface area contributed by atoms with Crippen LogP contribution in [0, 0.1) is 12.8 Å². The van der Waals surface area contributed by atoms with Gasteiger partial charge in [-0.3, -0.25) is 0 Å². The number of hydrogen-bond donors (Lipinski definition) is 0. The molecule has 23 heavy (non-hydrogen) atoms. The summed E-state index contributed by atoms with van der Waals surface area (Å²) in [6, 6.07) is 17.9. The van der Waals surface area contributed by atoms with Crippen molar-refractivity contribution in [3.63, 3.8) is 0 Å². The lowest BCUT2D eigenvalue weighted by Crippen LogP contribution is -2.21. The topological polar surface area (TPSA) is 3.24 Å². The fourth-order valence-corrected chi connectivity index (χ4v) is 3.58. The highest BCUT2D eigenvalue weighted by Crippen LogP contribution is 2.21. The van der Waals surface area contributed by atoms with Gasteiger partial charge in [-0.05, 0) is 68.3 Å². The van der Waals surface area contributed by atoms with Crippen LogP contribution in [-0.2, 0) is 6.42 Å². The monoisotopic (exact) mass is 307 g/mol. The van der Waals surface area contributed by atoms with Crippen LogP contribution in [-0.4, -0.2) is 24.5 Å². The molecule has 122 valence electrons. The lowest BCUT2D eigenvalue weighted by molar-refractivity contribution is 0.320. The standard InChI is InChI=1S/C22H29N/c1-18-6-5-8-22(16-18)21-11-9-20(10-12-21)7-3-4-14-23-15-13-19(2)17-23/h5-6,8-12,16,19H,3-4,7,13-15,17H2,1-2H3. The molecule has 1 saturated heterocycles. The average Bonchev–Trinajstić information content (AvgIpc) is 2.98. The van der Waals surface area contributed by atoms with Crippen LogP contribution >= 0.6 is 0 Å². The van der Waals surface area contributed by atoms with Crippen molar-refractivity contribution in [3.8, 4) is 11.1 Å². The Morgan fingerprint density at radius 3 is 2.52 bits per heavy atom. The van der Waals surface area contributed by atoms with E-state index in [4.69, 9.17) is 0 Å². The third-order valence-corrected chi connectivity index (χ3v) is 5.00. The minimum absolute atomic E-state index is 0.907. The van der Waals surface area contributed by atoms with Crippen molar-refractivity contribution in [1.29, 1.82) is 0 Å². The van der Waals surface area contributed by atoms with Gasteiger partial charge in [-0.2, -0.15) is 0 Å². The number of unbranched alkanes of at least 4 members (excludes halogenated alkanes) is 1. The minimum Gasteiger partial charge on any atom is -0.303 e. The molecule has 1 nitrogen and oxygen atoms in total. The molecule has 1 unspecified atom stereocenters. The SMILES string of the molecule is Cc1cccc(-c2ccc(CCCCN3CCC(C)C3)cc2)c1. The molecule has 0 saturated carbocycles. The molecule has 2 aromatic carbocycles. The van der Waals surface area contributed by atoms with Crippen LogP contribution in [0.15, 0.2) is 48.5 Å². The molecule has 1 fully saturated rings. The van der Waals surface area contributed by atoms with Crippen molar-refractivity contribution < 1.29 is 0 Å². The molecule has 0 aliphatic carbocycles. The van der Waals surface area contributed by atoms with E-state index in [0.717, 1.165) is 5.92 Å². The second-order valence-corrected chi connectivity index (χ2v) is 7.22. The van der Waals surface area contributed by atoms with Crippen molar-refractivity contribution in [2.75, 3.05) is 19.6 Å². The quantitative estimate of drug-likeness (QED) is 0.652. The Hall–Kier alpha value is -1.60. The zero-order chi connectivity index (χ0) is 16.1. The Kier molecular flexibility index (Phi) is 5.51. The van der Waals surface area contributed by atoms with Crippen molar-refractivity contribution in [1.82, 2.24) is 4.90 Å². The number of nitrogens with zero attached hydrogens (tertiary/aromatic N) is 1. The van der Waals surface area contributed by atoms with E-state index in [1.165, 1.54) is 67.6 Å². The van der Waals surface area contributed by atoms with E-state index in [2.05, 4.69) is 67.3 Å². The number of aryl methyl sites for hydroxylation is 2. The zero-order valence-corrected chi connectivity index (χ0v) is 14.6. The predicted octanol–water partition coefficient (Wildman–Crippen LogP) is 5.33. The van der Waals surface area contributed by atoms with E-state index in [0.29, 0.717) is 0 Å². The average molecular weight is 307 g/mol. The van der Waals surface area contributed by atoms with Crippen molar-refractivity contribution in [2.45, 2.75) is 39.5 Å². The van der Waals surface area contributed by atoms with E-state index >= 15 is 0 Å². The zero-order valence-electron chi connectivity index (χ0n) is 14.6. The molecule has 1 aliphatic rings. The number of hydrogen-bond acceptors (Lipinski definition) is 1. The summed E-state index contributed by atoms with van der Waals surface area (Å²) in [4.78, 5) is 2.63. The summed E-state index contributed by atoms with van der Waals surface area (Å²) in [5.41, 5.74) is 5.43. The second kappa shape index (κ2) is 7.79. The van der Waals surface area contributed by atoms with Gasteiger partial charge < -0.3 is 4.90 Å². The summed E-state index contributed by atoms with van der Waals surface area (Å²) >= 11 is 0. The first-order chi connectivity index (χ1) is 11.2. The van der Waals surface area contributed by atoms with Gasteiger partial charge >= 0.3 is 0 Å². The third kappa shape index (κ3) is 4.68. The van der Waals surface area contributed by atoms with Crippen molar-refractivity contribution >= 4 is 0 Å². The van der Waals surface area contributed by atoms with Crippen molar-refractivity contribution in [2.24, 2.45) is 5.92 Å². The van der Waals surface area contributed by atoms with Gasteiger partial charge in [0.05, 0.1) is 0 Å². The van der Waals surface area contributed by atoms with E-state index in [1.54, 1.807) is 0 Å². The Bertz CT molecular complexity index is 614. The van der Waals surface area contributed by atoms with Gasteiger partial charge in [0.25, 0.3) is 0 Å². The molecule has 1 atom stereocenters. The summed E-state index contributed by atoms with van der Waals surface area (Å²) in [6.45, 7) is 8.43.